The molecule has 0 aliphatic heterocycles. The van der Waals surface area contributed by atoms with E-state index < -0.39 is 0 Å². The summed E-state index contributed by atoms with van der Waals surface area (Å²) in [6.07, 6.45) is 2.68. The average Bonchev–Trinajstić information content (AvgIpc) is 3.29. The third-order valence-electron chi connectivity index (χ3n) is 3.92. The fourth-order valence-electron chi connectivity index (χ4n) is 2.35. The average molecular weight is 280 g/mol. The zero-order valence-corrected chi connectivity index (χ0v) is 12.9. The normalized spacial score (nSPS) is 15.4. The first-order valence-electron chi connectivity index (χ1n) is 7.23. The number of thioether (sulfide) groups is 1. The first-order chi connectivity index (χ1) is 9.74. The highest BCUT2D eigenvalue weighted by molar-refractivity contribution is 8.02. The van der Waals surface area contributed by atoms with Gasteiger partial charge in [-0.25, -0.2) is 0 Å². The van der Waals surface area contributed by atoms with Crippen LogP contribution in [0.25, 0.3) is 5.57 Å². The van der Waals surface area contributed by atoms with Crippen LogP contribution in [0, 0.1) is 19.8 Å². The van der Waals surface area contributed by atoms with Gasteiger partial charge in [0.1, 0.15) is 0 Å². The number of allylic oxidation sites excluding steroid dienone is 1. The maximum atomic E-state index is 2.36. The highest BCUT2D eigenvalue weighted by atomic mass is 32.2. The molecule has 2 aromatic carbocycles. The lowest BCUT2D eigenvalue weighted by molar-refractivity contribution is 1.14. The van der Waals surface area contributed by atoms with E-state index in [9.17, 15) is 0 Å². The lowest BCUT2D eigenvalue weighted by Crippen LogP contribution is -1.89. The zero-order valence-electron chi connectivity index (χ0n) is 12.1. The van der Waals surface area contributed by atoms with Crippen LogP contribution in [-0.2, 0) is 0 Å². The van der Waals surface area contributed by atoms with Gasteiger partial charge in [-0.05, 0) is 72.4 Å². The van der Waals surface area contributed by atoms with Gasteiger partial charge in [-0.3, -0.25) is 0 Å². The predicted octanol–water partition coefficient (Wildman–Crippen LogP) is 5.85. The van der Waals surface area contributed by atoms with Gasteiger partial charge in [-0.2, -0.15) is 0 Å². The maximum Gasteiger partial charge on any atom is 0.0116 e. The van der Waals surface area contributed by atoms with Crippen LogP contribution in [-0.4, -0.2) is 0 Å². The number of hydrogen-bond acceptors (Lipinski definition) is 1. The fourth-order valence-corrected chi connectivity index (χ4v) is 3.25. The Morgan fingerprint density at radius 3 is 2.40 bits per heavy atom. The summed E-state index contributed by atoms with van der Waals surface area (Å²) >= 11 is 1.84. The summed E-state index contributed by atoms with van der Waals surface area (Å²) in [4.78, 5) is 1.31. The summed E-state index contributed by atoms with van der Waals surface area (Å²) < 4.78 is 0. The van der Waals surface area contributed by atoms with Crippen LogP contribution in [0.2, 0.25) is 0 Å². The Labute approximate surface area is 125 Å². The molecule has 0 atom stereocenters. The molecule has 1 saturated carbocycles. The summed E-state index contributed by atoms with van der Waals surface area (Å²) in [6, 6.07) is 17.5. The molecule has 0 amide bonds. The minimum atomic E-state index is 0.772. The molecule has 0 spiro atoms. The van der Waals surface area contributed by atoms with Crippen molar-refractivity contribution in [2.75, 3.05) is 0 Å². The molecule has 0 aromatic heterocycles. The third kappa shape index (κ3) is 3.16. The largest absolute Gasteiger partial charge is 0.0978 e. The monoisotopic (exact) mass is 280 g/mol. The van der Waals surface area contributed by atoms with Gasteiger partial charge in [0, 0.05) is 4.90 Å². The molecule has 0 N–H and O–H groups in total. The molecular formula is C19H20S. The molecule has 0 nitrogen and oxygen atoms in total. The SMILES string of the molecule is Cc1ccc(/C(=C/Sc2ccccc2)C2CC2)cc1C. The number of benzene rings is 2. The van der Waals surface area contributed by atoms with Crippen molar-refractivity contribution in [1.82, 2.24) is 0 Å². The van der Waals surface area contributed by atoms with E-state index in [0.717, 1.165) is 5.92 Å². The van der Waals surface area contributed by atoms with E-state index in [1.165, 1.54) is 40.0 Å². The Hall–Kier alpha value is -1.47. The smallest absolute Gasteiger partial charge is 0.0116 e. The summed E-state index contributed by atoms with van der Waals surface area (Å²) in [5.41, 5.74) is 5.68. The van der Waals surface area contributed by atoms with Crippen molar-refractivity contribution in [2.45, 2.75) is 31.6 Å². The van der Waals surface area contributed by atoms with E-state index in [0.29, 0.717) is 0 Å². The van der Waals surface area contributed by atoms with E-state index in [1.54, 1.807) is 0 Å². The molecule has 0 saturated heterocycles. The van der Waals surface area contributed by atoms with Crippen LogP contribution in [0.5, 0.6) is 0 Å². The highest BCUT2D eigenvalue weighted by Gasteiger charge is 2.26. The summed E-state index contributed by atoms with van der Waals surface area (Å²) in [5, 5.41) is 2.36. The van der Waals surface area contributed by atoms with Gasteiger partial charge in [0.25, 0.3) is 0 Å². The van der Waals surface area contributed by atoms with Gasteiger partial charge >= 0.3 is 0 Å². The minimum absolute atomic E-state index is 0.772. The Balaban J connectivity index is 1.87. The second-order valence-electron chi connectivity index (χ2n) is 5.58. The molecule has 0 heterocycles. The zero-order chi connectivity index (χ0) is 13.9. The van der Waals surface area contributed by atoms with Gasteiger partial charge in [-0.15, -0.1) is 0 Å². The van der Waals surface area contributed by atoms with Crippen LogP contribution in [0.4, 0.5) is 0 Å². The molecule has 2 aromatic rings. The van der Waals surface area contributed by atoms with E-state index >= 15 is 0 Å². The molecular weight excluding hydrogens is 260 g/mol. The maximum absolute atomic E-state index is 2.36. The van der Waals surface area contributed by atoms with Crippen molar-refractivity contribution in [3.63, 3.8) is 0 Å². The van der Waals surface area contributed by atoms with Gasteiger partial charge in [0.2, 0.25) is 0 Å². The van der Waals surface area contributed by atoms with Gasteiger partial charge in [0.15, 0.2) is 0 Å². The lowest BCUT2D eigenvalue weighted by Gasteiger charge is -2.09. The van der Waals surface area contributed by atoms with E-state index in [-0.39, 0.29) is 0 Å². The molecule has 3 rings (SSSR count). The van der Waals surface area contributed by atoms with Crippen molar-refractivity contribution in [2.24, 2.45) is 5.92 Å². The molecule has 20 heavy (non-hydrogen) atoms. The van der Waals surface area contributed by atoms with E-state index in [1.807, 2.05) is 11.8 Å². The number of aryl methyl sites for hydroxylation is 2. The summed E-state index contributed by atoms with van der Waals surface area (Å²) in [5.74, 6) is 0.772. The van der Waals surface area contributed by atoms with E-state index in [2.05, 4.69) is 67.8 Å². The molecule has 0 unspecified atom stereocenters. The Morgan fingerprint density at radius 2 is 1.75 bits per heavy atom. The van der Waals surface area contributed by atoms with Gasteiger partial charge in [-0.1, -0.05) is 48.2 Å². The second kappa shape index (κ2) is 5.88. The fraction of sp³-hybridized carbons (Fsp3) is 0.263. The standard InChI is InChI=1S/C19H20S/c1-14-8-9-17(12-15(14)2)19(16-10-11-16)13-20-18-6-4-3-5-7-18/h3-9,12-13,16H,10-11H2,1-2H3/b19-13+. The number of rotatable bonds is 4. The second-order valence-corrected chi connectivity index (χ2v) is 6.52. The molecule has 1 aliphatic rings. The first kappa shape index (κ1) is 13.5. The van der Waals surface area contributed by atoms with Crippen LogP contribution < -0.4 is 0 Å². The van der Waals surface area contributed by atoms with E-state index in [4.69, 9.17) is 0 Å². The number of hydrogen-bond donors (Lipinski definition) is 0. The molecule has 102 valence electrons. The summed E-state index contributed by atoms with van der Waals surface area (Å²) in [7, 11) is 0. The predicted molar refractivity (Wildman–Crippen MR) is 88.9 cm³/mol. The first-order valence-corrected chi connectivity index (χ1v) is 8.11. The molecule has 0 radical (unpaired) electrons. The highest BCUT2D eigenvalue weighted by Crippen LogP contribution is 2.44. The van der Waals surface area contributed by atoms with Crippen molar-refractivity contribution < 1.29 is 0 Å². The third-order valence-corrected chi connectivity index (χ3v) is 4.84. The Morgan fingerprint density at radius 1 is 1.00 bits per heavy atom. The summed E-state index contributed by atoms with van der Waals surface area (Å²) in [6.45, 7) is 4.38. The molecule has 1 aliphatic carbocycles. The van der Waals surface area contributed by atoms with Crippen molar-refractivity contribution in [1.29, 1.82) is 0 Å². The quantitative estimate of drug-likeness (QED) is 0.633. The molecule has 1 heteroatoms. The van der Waals surface area contributed by atoms with Crippen LogP contribution >= 0.6 is 11.8 Å². The topological polar surface area (TPSA) is 0 Å². The minimum Gasteiger partial charge on any atom is -0.0978 e. The van der Waals surface area contributed by atoms with Crippen LogP contribution in [0.15, 0.2) is 58.8 Å². The Bertz CT molecular complexity index is 621. The van der Waals surface area contributed by atoms with Crippen LogP contribution in [0.3, 0.4) is 0 Å². The van der Waals surface area contributed by atoms with Gasteiger partial charge < -0.3 is 0 Å². The Kier molecular flexibility index (Phi) is 3.98. The van der Waals surface area contributed by atoms with Crippen molar-refractivity contribution >= 4 is 17.3 Å². The van der Waals surface area contributed by atoms with Gasteiger partial charge in [0.05, 0.1) is 0 Å². The molecule has 1 fully saturated rings. The van der Waals surface area contributed by atoms with Crippen molar-refractivity contribution in [3.05, 3.63) is 70.6 Å². The van der Waals surface area contributed by atoms with Crippen LogP contribution in [0.1, 0.15) is 29.5 Å². The molecule has 0 bridgehead atoms. The lowest BCUT2D eigenvalue weighted by atomic mass is 9.99. The van der Waals surface area contributed by atoms with Crippen molar-refractivity contribution in [3.8, 4) is 0 Å².